The molecule has 0 aliphatic heterocycles. The average molecular weight is 581 g/mol. The minimum atomic E-state index is -0.417. The van der Waals surface area contributed by atoms with Gasteiger partial charge in [0.1, 0.15) is 0 Å². The second-order valence-electron chi connectivity index (χ2n) is 7.23. The number of benzene rings is 2. The van der Waals surface area contributed by atoms with E-state index < -0.39 is 5.91 Å². The van der Waals surface area contributed by atoms with Crippen LogP contribution in [0.25, 0.3) is 0 Å². The van der Waals surface area contributed by atoms with E-state index in [1.807, 2.05) is 6.07 Å². The highest BCUT2D eigenvalue weighted by Crippen LogP contribution is 2.36. The molecule has 1 N–H and O–H groups in total. The van der Waals surface area contributed by atoms with E-state index in [1.165, 1.54) is 4.68 Å². The van der Waals surface area contributed by atoms with Gasteiger partial charge in [0, 0.05) is 12.4 Å². The monoisotopic (exact) mass is 579 g/mol. The molecule has 0 atom stereocenters. The lowest BCUT2D eigenvalue weighted by Crippen LogP contribution is -2.15. The van der Waals surface area contributed by atoms with Gasteiger partial charge in [-0.15, -0.1) is 0 Å². The van der Waals surface area contributed by atoms with Crippen molar-refractivity contribution in [3.63, 3.8) is 0 Å². The van der Waals surface area contributed by atoms with Crippen LogP contribution in [-0.2, 0) is 13.3 Å². The molecule has 2 aromatic heterocycles. The summed E-state index contributed by atoms with van der Waals surface area (Å²) in [7, 11) is 3.09. The number of hydrogen-bond donors (Lipinski definition) is 1. The van der Waals surface area contributed by atoms with Crippen molar-refractivity contribution >= 4 is 50.9 Å². The van der Waals surface area contributed by atoms with E-state index in [2.05, 4.69) is 31.4 Å². The molecule has 0 aliphatic rings. The van der Waals surface area contributed by atoms with E-state index in [-0.39, 0.29) is 12.4 Å². The summed E-state index contributed by atoms with van der Waals surface area (Å²) >= 11 is 15.5. The summed E-state index contributed by atoms with van der Waals surface area (Å²) in [5.41, 5.74) is 1.12. The molecule has 9 nitrogen and oxygen atoms in total. The van der Waals surface area contributed by atoms with Gasteiger partial charge >= 0.3 is 0 Å². The number of nitrogens with zero attached hydrogens (tertiary/aromatic N) is 4. The number of methoxy groups -OCH3 is 2. The zero-order valence-electron chi connectivity index (χ0n) is 18.7. The van der Waals surface area contributed by atoms with Gasteiger partial charge in [0.05, 0.1) is 35.3 Å². The van der Waals surface area contributed by atoms with Crippen LogP contribution in [0.1, 0.15) is 16.1 Å². The van der Waals surface area contributed by atoms with E-state index in [0.717, 1.165) is 5.56 Å². The third-order valence-corrected chi connectivity index (χ3v) is 6.19. The molecular formula is C23H20BrCl2N5O4. The van der Waals surface area contributed by atoms with Crippen molar-refractivity contribution in [2.24, 2.45) is 0 Å². The van der Waals surface area contributed by atoms with Crippen molar-refractivity contribution in [3.05, 3.63) is 80.6 Å². The van der Waals surface area contributed by atoms with Crippen LogP contribution in [0.15, 0.2) is 59.3 Å². The second-order valence-corrected chi connectivity index (χ2v) is 8.90. The molecule has 2 aromatic carbocycles. The van der Waals surface area contributed by atoms with Gasteiger partial charge < -0.3 is 19.5 Å². The van der Waals surface area contributed by atoms with Gasteiger partial charge in [0.2, 0.25) is 5.75 Å². The Morgan fingerprint density at radius 1 is 1.03 bits per heavy atom. The summed E-state index contributed by atoms with van der Waals surface area (Å²) in [5.74, 6) is 1.43. The Morgan fingerprint density at radius 3 is 2.46 bits per heavy atom. The first-order valence-electron chi connectivity index (χ1n) is 10.2. The average Bonchev–Trinajstić information content (AvgIpc) is 3.46. The standard InChI is InChI=1S/C23H20BrCl2N5O4/c1-33-19-4-3-5-20(34-2)21(19)35-13-30-9-8-18(28-30)23(32)27-22-15(24)12-31(29-22)11-14-6-7-16(25)17(26)10-14/h3-10,12H,11,13H2,1-2H3,(H,27,29,32). The Morgan fingerprint density at radius 2 is 1.77 bits per heavy atom. The molecule has 0 spiro atoms. The molecule has 1 amide bonds. The Bertz CT molecular complexity index is 1340. The first-order chi connectivity index (χ1) is 16.9. The highest BCUT2D eigenvalue weighted by Gasteiger charge is 2.16. The number of hydrogen-bond acceptors (Lipinski definition) is 6. The molecule has 0 radical (unpaired) electrons. The largest absolute Gasteiger partial charge is 0.493 e. The fraction of sp³-hybridized carbons (Fsp3) is 0.174. The SMILES string of the molecule is COc1cccc(OC)c1OCn1ccc(C(=O)Nc2nn(Cc3ccc(Cl)c(Cl)c3)cc2Br)n1. The number of rotatable bonds is 9. The molecule has 12 heteroatoms. The summed E-state index contributed by atoms with van der Waals surface area (Å²) < 4.78 is 20.2. The maximum Gasteiger partial charge on any atom is 0.277 e. The Labute approximate surface area is 219 Å². The fourth-order valence-corrected chi connectivity index (χ4v) is 3.94. The van der Waals surface area contributed by atoms with Gasteiger partial charge in [-0.05, 0) is 51.8 Å². The highest BCUT2D eigenvalue weighted by molar-refractivity contribution is 9.10. The van der Waals surface area contributed by atoms with Crippen molar-refractivity contribution in [2.45, 2.75) is 13.3 Å². The van der Waals surface area contributed by atoms with Crippen LogP contribution in [0.5, 0.6) is 17.2 Å². The summed E-state index contributed by atoms with van der Waals surface area (Å²) in [6.45, 7) is 0.496. The number of aromatic nitrogens is 4. The van der Waals surface area contributed by atoms with E-state index in [4.69, 9.17) is 37.4 Å². The molecule has 0 aliphatic carbocycles. The van der Waals surface area contributed by atoms with Crippen LogP contribution in [0.3, 0.4) is 0 Å². The quantitative estimate of drug-likeness (QED) is 0.281. The van der Waals surface area contributed by atoms with Crippen molar-refractivity contribution in [1.29, 1.82) is 0 Å². The molecule has 0 saturated carbocycles. The Kier molecular flexibility index (Phi) is 7.84. The van der Waals surface area contributed by atoms with Gasteiger partial charge in [-0.3, -0.25) is 9.48 Å². The molecule has 0 fully saturated rings. The lowest BCUT2D eigenvalue weighted by atomic mass is 10.2. The molecule has 0 unspecified atom stereocenters. The maximum atomic E-state index is 12.7. The highest BCUT2D eigenvalue weighted by atomic mass is 79.9. The summed E-state index contributed by atoms with van der Waals surface area (Å²) in [6.07, 6.45) is 3.39. The van der Waals surface area contributed by atoms with E-state index in [1.54, 1.807) is 67.7 Å². The number of para-hydroxylation sites is 1. The van der Waals surface area contributed by atoms with E-state index in [9.17, 15) is 4.79 Å². The van der Waals surface area contributed by atoms with Gasteiger partial charge in [0.15, 0.2) is 29.7 Å². The van der Waals surface area contributed by atoms with Crippen LogP contribution in [0, 0.1) is 0 Å². The van der Waals surface area contributed by atoms with Crippen molar-refractivity contribution in [3.8, 4) is 17.2 Å². The molecule has 0 saturated heterocycles. The second kappa shape index (κ2) is 11.0. The summed E-state index contributed by atoms with van der Waals surface area (Å²) in [4.78, 5) is 12.7. The zero-order chi connectivity index (χ0) is 24.9. The van der Waals surface area contributed by atoms with Crippen LogP contribution >= 0.6 is 39.1 Å². The number of carbonyl (C=O) groups is 1. The Hall–Kier alpha value is -3.21. The van der Waals surface area contributed by atoms with Gasteiger partial charge in [-0.2, -0.15) is 10.2 Å². The molecule has 35 heavy (non-hydrogen) atoms. The smallest absolute Gasteiger partial charge is 0.277 e. The third kappa shape index (κ3) is 5.90. The van der Waals surface area contributed by atoms with Crippen LogP contribution in [-0.4, -0.2) is 39.7 Å². The first kappa shape index (κ1) is 24.9. The van der Waals surface area contributed by atoms with Gasteiger partial charge in [-0.1, -0.05) is 35.3 Å². The van der Waals surface area contributed by atoms with Crippen molar-refractivity contribution in [2.75, 3.05) is 19.5 Å². The van der Waals surface area contributed by atoms with E-state index >= 15 is 0 Å². The fourth-order valence-electron chi connectivity index (χ4n) is 3.20. The zero-order valence-corrected chi connectivity index (χ0v) is 21.8. The van der Waals surface area contributed by atoms with Crippen LogP contribution < -0.4 is 19.5 Å². The molecular weight excluding hydrogens is 561 g/mol. The lowest BCUT2D eigenvalue weighted by Gasteiger charge is -2.13. The number of anilines is 1. The predicted molar refractivity (Wildman–Crippen MR) is 136 cm³/mol. The number of halogens is 3. The third-order valence-electron chi connectivity index (χ3n) is 4.87. The molecule has 4 rings (SSSR count). The first-order valence-corrected chi connectivity index (χ1v) is 11.8. The molecule has 0 bridgehead atoms. The van der Waals surface area contributed by atoms with Gasteiger partial charge in [0.25, 0.3) is 5.91 Å². The maximum absolute atomic E-state index is 12.7. The van der Waals surface area contributed by atoms with Crippen LogP contribution in [0.2, 0.25) is 10.0 Å². The van der Waals surface area contributed by atoms with Crippen LogP contribution in [0.4, 0.5) is 5.82 Å². The number of ether oxygens (including phenoxy) is 3. The lowest BCUT2D eigenvalue weighted by molar-refractivity contribution is 0.101. The topological polar surface area (TPSA) is 92.4 Å². The molecule has 4 aromatic rings. The minimum Gasteiger partial charge on any atom is -0.493 e. The summed E-state index contributed by atoms with van der Waals surface area (Å²) in [6, 6.07) is 12.3. The van der Waals surface area contributed by atoms with Gasteiger partial charge in [-0.25, -0.2) is 4.68 Å². The van der Waals surface area contributed by atoms with E-state index in [0.29, 0.717) is 44.1 Å². The predicted octanol–water partition coefficient (Wildman–Crippen LogP) is 5.50. The Balaban J connectivity index is 1.40. The molecule has 2 heterocycles. The number of carbonyl (C=O) groups excluding carboxylic acids is 1. The number of amides is 1. The summed E-state index contributed by atoms with van der Waals surface area (Å²) in [5, 5.41) is 12.4. The molecule has 182 valence electrons. The number of nitrogens with one attached hydrogen (secondary N) is 1. The normalized spacial score (nSPS) is 10.8. The minimum absolute atomic E-state index is 0.0476. The van der Waals surface area contributed by atoms with Crippen molar-refractivity contribution < 1.29 is 19.0 Å². The van der Waals surface area contributed by atoms with Crippen molar-refractivity contribution in [1.82, 2.24) is 19.6 Å².